The number of thiazole rings is 1. The monoisotopic (exact) mass is 309 g/mol. The quantitative estimate of drug-likeness (QED) is 0.832. The Balaban J connectivity index is 1.87. The summed E-state index contributed by atoms with van der Waals surface area (Å²) >= 11 is 1.15. The van der Waals surface area contributed by atoms with Crippen LogP contribution >= 0.6 is 11.3 Å². The number of carbonyl (C=O) groups excluding carboxylic acids is 1. The van der Waals surface area contributed by atoms with Crippen LogP contribution in [0.1, 0.15) is 18.5 Å². The summed E-state index contributed by atoms with van der Waals surface area (Å²) in [5, 5.41) is 4.42. The zero-order valence-corrected chi connectivity index (χ0v) is 12.4. The van der Waals surface area contributed by atoms with E-state index in [4.69, 9.17) is 5.73 Å². The molecule has 3 N–H and O–H groups in total. The molecule has 112 valence electrons. The van der Waals surface area contributed by atoms with Crippen LogP contribution < -0.4 is 15.9 Å². The van der Waals surface area contributed by atoms with E-state index in [0.717, 1.165) is 23.1 Å². The molecule has 0 saturated heterocycles. The van der Waals surface area contributed by atoms with Crippen molar-refractivity contribution in [3.63, 3.8) is 0 Å². The molecule has 0 aliphatic rings. The molecule has 1 heterocycles. The minimum atomic E-state index is -0.446. The third-order valence-corrected chi connectivity index (χ3v) is 3.93. The number of aryl methyl sites for hydroxylation is 1. The van der Waals surface area contributed by atoms with Gasteiger partial charge in [0.05, 0.1) is 11.4 Å². The van der Waals surface area contributed by atoms with Crippen LogP contribution in [0.5, 0.6) is 0 Å². The van der Waals surface area contributed by atoms with Crippen LogP contribution in [0.4, 0.5) is 15.8 Å². The van der Waals surface area contributed by atoms with E-state index in [1.54, 1.807) is 9.95 Å². The highest BCUT2D eigenvalue weighted by molar-refractivity contribution is 7.07. The van der Waals surface area contributed by atoms with Gasteiger partial charge in [-0.25, -0.2) is 4.39 Å². The zero-order valence-electron chi connectivity index (χ0n) is 11.6. The number of nitrogens with zero attached hydrogens (tertiary/aromatic N) is 1. The third-order valence-electron chi connectivity index (χ3n) is 3.05. The maximum Gasteiger partial charge on any atom is 0.307 e. The molecule has 0 fully saturated rings. The molecule has 1 aromatic heterocycles. The number of benzene rings is 1. The fourth-order valence-corrected chi connectivity index (χ4v) is 2.69. The van der Waals surface area contributed by atoms with Gasteiger partial charge in [0.2, 0.25) is 5.91 Å². The summed E-state index contributed by atoms with van der Waals surface area (Å²) in [6.45, 7) is 2.36. The lowest BCUT2D eigenvalue weighted by atomic mass is 10.2. The van der Waals surface area contributed by atoms with E-state index in [2.05, 4.69) is 5.32 Å². The number of hydrogen-bond acceptors (Lipinski definition) is 4. The molecule has 5 nitrogen and oxygen atoms in total. The van der Waals surface area contributed by atoms with Gasteiger partial charge < -0.3 is 15.6 Å². The number of nitrogen functional groups attached to an aromatic ring is 1. The molecule has 1 amide bonds. The Hall–Kier alpha value is -2.15. The second kappa shape index (κ2) is 6.53. The van der Waals surface area contributed by atoms with Gasteiger partial charge >= 0.3 is 4.87 Å². The number of rotatable bonds is 5. The standard InChI is InChI=1S/C14H16FN3O2S/c1-9-8-21-14(20)18(9)6-2-3-13(19)17-12-5-4-10(15)7-11(12)16/h4-5,7-8H,2-3,6,16H2,1H3,(H,17,19). The molecular weight excluding hydrogens is 293 g/mol. The van der Waals surface area contributed by atoms with Gasteiger partial charge in [0.25, 0.3) is 0 Å². The summed E-state index contributed by atoms with van der Waals surface area (Å²) in [7, 11) is 0. The molecule has 0 saturated carbocycles. The lowest BCUT2D eigenvalue weighted by Gasteiger charge is -2.08. The smallest absolute Gasteiger partial charge is 0.307 e. The highest BCUT2D eigenvalue weighted by atomic mass is 32.1. The first kappa shape index (κ1) is 15.2. The van der Waals surface area contributed by atoms with Gasteiger partial charge in [-0.2, -0.15) is 0 Å². The van der Waals surface area contributed by atoms with Crippen LogP contribution in [0.15, 0.2) is 28.4 Å². The summed E-state index contributed by atoms with van der Waals surface area (Å²) in [6, 6.07) is 3.82. The van der Waals surface area contributed by atoms with Gasteiger partial charge in [0.15, 0.2) is 0 Å². The van der Waals surface area contributed by atoms with Crippen molar-refractivity contribution in [2.75, 3.05) is 11.1 Å². The number of nitrogens with one attached hydrogen (secondary N) is 1. The molecule has 1 aromatic carbocycles. The Kier molecular flexibility index (Phi) is 4.74. The highest BCUT2D eigenvalue weighted by Crippen LogP contribution is 2.19. The Labute approximate surface area is 125 Å². The first-order valence-corrected chi connectivity index (χ1v) is 7.35. The minimum absolute atomic E-state index is 0.0179. The first-order chi connectivity index (χ1) is 9.97. The van der Waals surface area contributed by atoms with Crippen LogP contribution in [0, 0.1) is 12.7 Å². The largest absolute Gasteiger partial charge is 0.397 e. The fraction of sp³-hybridized carbons (Fsp3) is 0.286. The third kappa shape index (κ3) is 3.91. The van der Waals surface area contributed by atoms with Crippen molar-refractivity contribution in [2.45, 2.75) is 26.3 Å². The number of nitrogens with two attached hydrogens (primary N) is 1. The van der Waals surface area contributed by atoms with Gasteiger partial charge in [-0.1, -0.05) is 11.3 Å². The average Bonchev–Trinajstić information content (AvgIpc) is 2.74. The van der Waals surface area contributed by atoms with Crippen LogP contribution in [0.25, 0.3) is 0 Å². The molecule has 0 radical (unpaired) electrons. The molecule has 0 unspecified atom stereocenters. The zero-order chi connectivity index (χ0) is 15.4. The van der Waals surface area contributed by atoms with E-state index in [1.807, 2.05) is 6.92 Å². The molecule has 21 heavy (non-hydrogen) atoms. The second-order valence-corrected chi connectivity index (χ2v) is 5.50. The number of anilines is 2. The number of aromatic nitrogens is 1. The summed E-state index contributed by atoms with van der Waals surface area (Å²) in [5.41, 5.74) is 7.09. The van der Waals surface area contributed by atoms with Crippen molar-refractivity contribution >= 4 is 28.6 Å². The molecule has 0 atom stereocenters. The second-order valence-electron chi connectivity index (χ2n) is 4.68. The summed E-state index contributed by atoms with van der Waals surface area (Å²) in [4.78, 5) is 23.3. The van der Waals surface area contributed by atoms with Crippen molar-refractivity contribution in [2.24, 2.45) is 0 Å². The van der Waals surface area contributed by atoms with Gasteiger partial charge in [-0.05, 0) is 31.5 Å². The molecule has 0 spiro atoms. The fourth-order valence-electron chi connectivity index (χ4n) is 1.93. The number of carbonyl (C=O) groups is 1. The predicted molar refractivity (Wildman–Crippen MR) is 82.0 cm³/mol. The van der Waals surface area contributed by atoms with Crippen molar-refractivity contribution in [1.82, 2.24) is 4.57 Å². The van der Waals surface area contributed by atoms with E-state index in [9.17, 15) is 14.0 Å². The van der Waals surface area contributed by atoms with Crippen molar-refractivity contribution < 1.29 is 9.18 Å². The summed E-state index contributed by atoms with van der Waals surface area (Å²) < 4.78 is 14.5. The lowest BCUT2D eigenvalue weighted by molar-refractivity contribution is -0.116. The van der Waals surface area contributed by atoms with Crippen LogP contribution in [-0.2, 0) is 11.3 Å². The first-order valence-electron chi connectivity index (χ1n) is 6.47. The van der Waals surface area contributed by atoms with E-state index in [1.165, 1.54) is 12.1 Å². The van der Waals surface area contributed by atoms with Gasteiger partial charge in [0, 0.05) is 24.0 Å². The Morgan fingerprint density at radius 1 is 1.48 bits per heavy atom. The van der Waals surface area contributed by atoms with Crippen molar-refractivity contribution in [1.29, 1.82) is 0 Å². The van der Waals surface area contributed by atoms with E-state index < -0.39 is 5.82 Å². The highest BCUT2D eigenvalue weighted by Gasteiger charge is 2.07. The molecule has 0 aliphatic carbocycles. The number of hydrogen-bond donors (Lipinski definition) is 2. The molecule has 2 rings (SSSR count). The van der Waals surface area contributed by atoms with Gasteiger partial charge in [0.1, 0.15) is 5.82 Å². The molecule has 0 bridgehead atoms. The van der Waals surface area contributed by atoms with E-state index in [-0.39, 0.29) is 22.9 Å². The van der Waals surface area contributed by atoms with E-state index >= 15 is 0 Å². The maximum atomic E-state index is 12.9. The average molecular weight is 309 g/mol. The maximum absolute atomic E-state index is 12.9. The topological polar surface area (TPSA) is 77.1 Å². The molecule has 2 aromatic rings. The summed E-state index contributed by atoms with van der Waals surface area (Å²) in [5.74, 6) is -0.660. The van der Waals surface area contributed by atoms with E-state index in [0.29, 0.717) is 18.7 Å². The number of halogens is 1. The Morgan fingerprint density at radius 3 is 2.86 bits per heavy atom. The van der Waals surface area contributed by atoms with Crippen molar-refractivity contribution in [3.8, 4) is 0 Å². The van der Waals surface area contributed by atoms with Crippen LogP contribution in [0.2, 0.25) is 0 Å². The van der Waals surface area contributed by atoms with Crippen LogP contribution in [0.3, 0.4) is 0 Å². The SMILES string of the molecule is Cc1csc(=O)n1CCCC(=O)Nc1ccc(F)cc1N. The number of amides is 1. The summed E-state index contributed by atoms with van der Waals surface area (Å²) in [6.07, 6.45) is 0.808. The predicted octanol–water partition coefficient (Wildman–Crippen LogP) is 2.36. The minimum Gasteiger partial charge on any atom is -0.397 e. The Bertz CT molecular complexity index is 708. The molecule has 7 heteroatoms. The Morgan fingerprint density at radius 2 is 2.24 bits per heavy atom. The normalized spacial score (nSPS) is 10.6. The van der Waals surface area contributed by atoms with Gasteiger partial charge in [-0.3, -0.25) is 9.59 Å². The lowest BCUT2D eigenvalue weighted by Crippen LogP contribution is -2.17. The van der Waals surface area contributed by atoms with Crippen molar-refractivity contribution in [3.05, 3.63) is 44.8 Å². The van der Waals surface area contributed by atoms with Gasteiger partial charge in [-0.15, -0.1) is 0 Å². The molecular formula is C14H16FN3O2S. The van der Waals surface area contributed by atoms with Crippen LogP contribution in [-0.4, -0.2) is 10.5 Å². The molecule has 0 aliphatic heterocycles.